The van der Waals surface area contributed by atoms with Crippen LogP contribution in [0.3, 0.4) is 0 Å². The van der Waals surface area contributed by atoms with Crippen molar-refractivity contribution in [2.24, 2.45) is 0 Å². The zero-order chi connectivity index (χ0) is 12.6. The highest BCUT2D eigenvalue weighted by Crippen LogP contribution is 2.30. The Labute approximate surface area is 89.9 Å². The van der Waals surface area contributed by atoms with Crippen LogP contribution < -0.4 is 0 Å². The van der Waals surface area contributed by atoms with Crippen molar-refractivity contribution in [2.75, 3.05) is 0 Å². The summed E-state index contributed by atoms with van der Waals surface area (Å²) in [6.45, 7) is 2.76. The number of hydrogen-bond acceptors (Lipinski definition) is 2. The molecular weight excluding hydrogens is 223 g/mol. The fourth-order valence-corrected chi connectivity index (χ4v) is 1.04. The summed E-state index contributed by atoms with van der Waals surface area (Å²) in [6.07, 6.45) is -3.82. The molecule has 0 aliphatic heterocycles. The SMILES string of the molecule is CC(C)(C(=O)O)c1ccc(C(F)(F)F)cn1. The van der Waals surface area contributed by atoms with Gasteiger partial charge in [0, 0.05) is 6.20 Å². The highest BCUT2D eigenvalue weighted by atomic mass is 19.4. The van der Waals surface area contributed by atoms with Crippen molar-refractivity contribution in [1.82, 2.24) is 4.98 Å². The molecule has 3 nitrogen and oxygen atoms in total. The van der Waals surface area contributed by atoms with E-state index in [1.165, 1.54) is 13.8 Å². The summed E-state index contributed by atoms with van der Waals surface area (Å²) >= 11 is 0. The van der Waals surface area contributed by atoms with Crippen LogP contribution in [0.5, 0.6) is 0 Å². The second-order valence-electron chi connectivity index (χ2n) is 3.86. The summed E-state index contributed by atoms with van der Waals surface area (Å²) < 4.78 is 36.7. The maximum Gasteiger partial charge on any atom is 0.417 e. The van der Waals surface area contributed by atoms with Crippen molar-refractivity contribution in [2.45, 2.75) is 25.4 Å². The highest BCUT2D eigenvalue weighted by molar-refractivity contribution is 5.79. The second-order valence-corrected chi connectivity index (χ2v) is 3.86. The maximum atomic E-state index is 12.2. The smallest absolute Gasteiger partial charge is 0.417 e. The molecule has 0 unspecified atom stereocenters. The summed E-state index contributed by atoms with van der Waals surface area (Å²) in [7, 11) is 0. The van der Waals surface area contributed by atoms with Gasteiger partial charge in [-0.05, 0) is 26.0 Å². The van der Waals surface area contributed by atoms with Crippen LogP contribution in [0.1, 0.15) is 25.1 Å². The van der Waals surface area contributed by atoms with Crippen LogP contribution in [0, 0.1) is 0 Å². The van der Waals surface area contributed by atoms with Crippen LogP contribution >= 0.6 is 0 Å². The molecule has 0 aliphatic carbocycles. The van der Waals surface area contributed by atoms with Gasteiger partial charge in [0.2, 0.25) is 0 Å². The minimum absolute atomic E-state index is 0.0907. The standard InChI is InChI=1S/C10H10F3NO2/c1-9(2,8(15)16)7-4-3-6(5-14-7)10(11,12)13/h3-5H,1-2H3,(H,15,16). The Hall–Kier alpha value is -1.59. The number of alkyl halides is 3. The predicted molar refractivity (Wildman–Crippen MR) is 49.9 cm³/mol. The fourth-order valence-electron chi connectivity index (χ4n) is 1.04. The van der Waals surface area contributed by atoms with E-state index in [0.717, 1.165) is 12.1 Å². The maximum absolute atomic E-state index is 12.2. The van der Waals surface area contributed by atoms with Crippen LogP contribution in [0.4, 0.5) is 13.2 Å². The first kappa shape index (κ1) is 12.5. The summed E-state index contributed by atoms with van der Waals surface area (Å²) in [5, 5.41) is 8.86. The van der Waals surface area contributed by atoms with Crippen LogP contribution in [0.15, 0.2) is 18.3 Å². The minimum atomic E-state index is -4.46. The van der Waals surface area contributed by atoms with Crippen LogP contribution in [-0.2, 0) is 16.4 Å². The summed E-state index contributed by atoms with van der Waals surface area (Å²) in [5.41, 5.74) is -2.10. The first-order valence-electron chi connectivity index (χ1n) is 4.43. The van der Waals surface area contributed by atoms with Gasteiger partial charge in [-0.1, -0.05) is 0 Å². The Bertz CT molecular complexity index is 396. The Morgan fingerprint density at radius 3 is 2.19 bits per heavy atom. The van der Waals surface area contributed by atoms with E-state index in [0.29, 0.717) is 6.20 Å². The van der Waals surface area contributed by atoms with Gasteiger partial charge >= 0.3 is 12.1 Å². The number of halogens is 3. The summed E-state index contributed by atoms with van der Waals surface area (Å²) in [5.74, 6) is -1.14. The Morgan fingerprint density at radius 2 is 1.88 bits per heavy atom. The molecule has 0 aliphatic rings. The number of aromatic nitrogens is 1. The molecule has 1 rings (SSSR count). The Kier molecular flexibility index (Phi) is 2.94. The van der Waals surface area contributed by atoms with E-state index in [2.05, 4.69) is 4.98 Å². The van der Waals surface area contributed by atoms with E-state index in [1.54, 1.807) is 0 Å². The van der Waals surface area contributed by atoms with E-state index in [1.807, 2.05) is 0 Å². The van der Waals surface area contributed by atoms with Gasteiger partial charge < -0.3 is 5.11 Å². The predicted octanol–water partition coefficient (Wildman–Crippen LogP) is 2.46. The Morgan fingerprint density at radius 1 is 1.31 bits per heavy atom. The molecule has 0 amide bonds. The van der Waals surface area contributed by atoms with Crippen molar-refractivity contribution in [3.05, 3.63) is 29.6 Å². The lowest BCUT2D eigenvalue weighted by Gasteiger charge is -2.18. The van der Waals surface area contributed by atoms with E-state index in [9.17, 15) is 18.0 Å². The van der Waals surface area contributed by atoms with Gasteiger partial charge in [-0.25, -0.2) is 0 Å². The lowest BCUT2D eigenvalue weighted by atomic mass is 9.89. The number of pyridine rings is 1. The number of hydrogen-bond donors (Lipinski definition) is 1. The Balaban J connectivity index is 3.09. The molecule has 0 fully saturated rings. The van der Waals surface area contributed by atoms with Gasteiger partial charge in [0.15, 0.2) is 0 Å². The molecule has 0 saturated carbocycles. The molecule has 1 aromatic rings. The summed E-state index contributed by atoms with van der Waals surface area (Å²) in [4.78, 5) is 14.4. The first-order valence-corrected chi connectivity index (χ1v) is 4.43. The van der Waals surface area contributed by atoms with Crippen LogP contribution in [-0.4, -0.2) is 16.1 Å². The number of carbonyl (C=O) groups is 1. The van der Waals surface area contributed by atoms with Gasteiger partial charge in [0.1, 0.15) is 5.41 Å². The molecular formula is C10H10F3NO2. The van der Waals surface area contributed by atoms with E-state index in [-0.39, 0.29) is 5.69 Å². The summed E-state index contributed by atoms with van der Waals surface area (Å²) in [6, 6.07) is 1.91. The fraction of sp³-hybridized carbons (Fsp3) is 0.400. The van der Waals surface area contributed by atoms with Crippen LogP contribution in [0.25, 0.3) is 0 Å². The number of nitrogens with zero attached hydrogens (tertiary/aromatic N) is 1. The molecule has 0 saturated heterocycles. The quantitative estimate of drug-likeness (QED) is 0.853. The molecule has 16 heavy (non-hydrogen) atoms. The molecule has 0 radical (unpaired) electrons. The third kappa shape index (κ3) is 2.32. The molecule has 1 aromatic heterocycles. The third-order valence-corrected chi connectivity index (χ3v) is 2.27. The van der Waals surface area contributed by atoms with Gasteiger partial charge in [-0.15, -0.1) is 0 Å². The van der Waals surface area contributed by atoms with Crippen molar-refractivity contribution < 1.29 is 23.1 Å². The zero-order valence-corrected chi connectivity index (χ0v) is 8.67. The van der Waals surface area contributed by atoms with Gasteiger partial charge in [-0.2, -0.15) is 13.2 Å². The second kappa shape index (κ2) is 3.77. The highest BCUT2D eigenvalue weighted by Gasteiger charge is 2.34. The van der Waals surface area contributed by atoms with Gasteiger partial charge in [0.25, 0.3) is 0 Å². The molecule has 0 atom stereocenters. The topological polar surface area (TPSA) is 50.2 Å². The van der Waals surface area contributed by atoms with Crippen molar-refractivity contribution >= 4 is 5.97 Å². The van der Waals surface area contributed by atoms with Crippen LogP contribution in [0.2, 0.25) is 0 Å². The van der Waals surface area contributed by atoms with E-state index < -0.39 is 23.1 Å². The lowest BCUT2D eigenvalue weighted by Crippen LogP contribution is -2.29. The normalized spacial score (nSPS) is 12.6. The molecule has 1 N–H and O–H groups in total. The van der Waals surface area contributed by atoms with Crippen molar-refractivity contribution in [3.8, 4) is 0 Å². The average Bonchev–Trinajstić information content (AvgIpc) is 2.16. The molecule has 0 aromatic carbocycles. The minimum Gasteiger partial charge on any atom is -0.481 e. The molecule has 6 heteroatoms. The number of rotatable bonds is 2. The number of carboxylic acid groups (broad SMARTS) is 1. The molecule has 1 heterocycles. The third-order valence-electron chi connectivity index (χ3n) is 2.27. The first-order chi connectivity index (χ1) is 7.15. The monoisotopic (exact) mass is 233 g/mol. The average molecular weight is 233 g/mol. The molecule has 88 valence electrons. The largest absolute Gasteiger partial charge is 0.481 e. The van der Waals surface area contributed by atoms with Crippen molar-refractivity contribution in [1.29, 1.82) is 0 Å². The van der Waals surface area contributed by atoms with Gasteiger partial charge in [0.05, 0.1) is 11.3 Å². The number of carboxylic acids is 1. The van der Waals surface area contributed by atoms with Gasteiger partial charge in [-0.3, -0.25) is 9.78 Å². The molecule has 0 bridgehead atoms. The number of aliphatic carboxylic acids is 1. The van der Waals surface area contributed by atoms with Crippen molar-refractivity contribution in [3.63, 3.8) is 0 Å². The van der Waals surface area contributed by atoms with E-state index in [4.69, 9.17) is 5.11 Å². The molecule has 0 spiro atoms. The van der Waals surface area contributed by atoms with E-state index >= 15 is 0 Å². The lowest BCUT2D eigenvalue weighted by molar-refractivity contribution is -0.142. The zero-order valence-electron chi connectivity index (χ0n) is 8.67.